The first-order valence-electron chi connectivity index (χ1n) is 7.87. The summed E-state index contributed by atoms with van der Waals surface area (Å²) < 4.78 is 5.69. The maximum atomic E-state index is 12.4. The number of hydrogen-bond donors (Lipinski definition) is 2. The van der Waals surface area contributed by atoms with Gasteiger partial charge in [-0.3, -0.25) is 4.79 Å². The zero-order valence-electron chi connectivity index (χ0n) is 12.2. The summed E-state index contributed by atoms with van der Waals surface area (Å²) >= 11 is 0. The van der Waals surface area contributed by atoms with Crippen LogP contribution >= 0.6 is 0 Å². The molecule has 0 radical (unpaired) electrons. The van der Waals surface area contributed by atoms with E-state index in [1.807, 2.05) is 0 Å². The smallest absolute Gasteiger partial charge is 0.227 e. The van der Waals surface area contributed by atoms with Crippen molar-refractivity contribution in [1.82, 2.24) is 10.6 Å². The summed E-state index contributed by atoms with van der Waals surface area (Å²) in [5, 5.41) is 6.47. The van der Waals surface area contributed by atoms with Crippen molar-refractivity contribution >= 4 is 5.91 Å². The van der Waals surface area contributed by atoms with Crippen LogP contribution in [-0.2, 0) is 9.53 Å². The monoisotopic (exact) mass is 268 g/mol. The predicted molar refractivity (Wildman–Crippen MR) is 76.0 cm³/mol. The van der Waals surface area contributed by atoms with Gasteiger partial charge in [0, 0.05) is 19.7 Å². The minimum atomic E-state index is -0.151. The van der Waals surface area contributed by atoms with Crippen molar-refractivity contribution in [3.8, 4) is 0 Å². The van der Waals surface area contributed by atoms with Crippen molar-refractivity contribution in [2.24, 2.45) is 5.41 Å². The molecule has 4 heteroatoms. The standard InChI is InChI=1S/C15H28N2O2/c1-2-7-15(8-10-16-12-15)14(18)17-9-6-13-5-3-4-11-19-13/h13,16H,2-12H2,1H3,(H,17,18). The number of nitrogens with one attached hydrogen (secondary N) is 2. The fourth-order valence-electron chi connectivity index (χ4n) is 3.31. The Labute approximate surface area is 116 Å². The second-order valence-electron chi connectivity index (χ2n) is 5.99. The van der Waals surface area contributed by atoms with Gasteiger partial charge in [0.1, 0.15) is 0 Å². The first-order chi connectivity index (χ1) is 9.27. The Balaban J connectivity index is 1.73. The summed E-state index contributed by atoms with van der Waals surface area (Å²) in [5.74, 6) is 0.246. The summed E-state index contributed by atoms with van der Waals surface area (Å²) in [4.78, 5) is 12.4. The topological polar surface area (TPSA) is 50.4 Å². The van der Waals surface area contributed by atoms with Gasteiger partial charge in [-0.25, -0.2) is 0 Å². The van der Waals surface area contributed by atoms with Gasteiger partial charge in [-0.2, -0.15) is 0 Å². The highest BCUT2D eigenvalue weighted by Crippen LogP contribution is 2.31. The number of hydrogen-bond acceptors (Lipinski definition) is 3. The highest BCUT2D eigenvalue weighted by molar-refractivity contribution is 5.83. The molecule has 2 atom stereocenters. The Morgan fingerprint density at radius 2 is 2.37 bits per heavy atom. The minimum Gasteiger partial charge on any atom is -0.378 e. The molecule has 0 aromatic rings. The highest BCUT2D eigenvalue weighted by Gasteiger charge is 2.39. The van der Waals surface area contributed by atoms with Crippen LogP contribution in [0.3, 0.4) is 0 Å². The van der Waals surface area contributed by atoms with Gasteiger partial charge < -0.3 is 15.4 Å². The van der Waals surface area contributed by atoms with E-state index in [1.54, 1.807) is 0 Å². The van der Waals surface area contributed by atoms with Gasteiger partial charge in [0.05, 0.1) is 11.5 Å². The minimum absolute atomic E-state index is 0.151. The number of carbonyl (C=O) groups excluding carboxylic acids is 1. The number of carbonyl (C=O) groups is 1. The summed E-state index contributed by atoms with van der Waals surface area (Å²) in [6.45, 7) is 5.62. The van der Waals surface area contributed by atoms with Crippen molar-refractivity contribution in [2.75, 3.05) is 26.2 Å². The van der Waals surface area contributed by atoms with Crippen LogP contribution in [-0.4, -0.2) is 38.3 Å². The van der Waals surface area contributed by atoms with Crippen molar-refractivity contribution in [3.05, 3.63) is 0 Å². The van der Waals surface area contributed by atoms with E-state index in [-0.39, 0.29) is 11.3 Å². The first kappa shape index (κ1) is 14.8. The normalized spacial score (nSPS) is 31.3. The van der Waals surface area contributed by atoms with Gasteiger partial charge in [-0.15, -0.1) is 0 Å². The predicted octanol–water partition coefficient (Wildman–Crippen LogP) is 1.84. The zero-order valence-corrected chi connectivity index (χ0v) is 12.2. The molecule has 0 aromatic carbocycles. The number of rotatable bonds is 6. The molecule has 4 nitrogen and oxygen atoms in total. The summed E-state index contributed by atoms with van der Waals surface area (Å²) in [6, 6.07) is 0. The molecule has 0 saturated carbocycles. The van der Waals surface area contributed by atoms with Crippen molar-refractivity contribution < 1.29 is 9.53 Å². The van der Waals surface area contributed by atoms with Gasteiger partial charge in [0.2, 0.25) is 5.91 Å². The lowest BCUT2D eigenvalue weighted by Gasteiger charge is -2.27. The van der Waals surface area contributed by atoms with E-state index in [9.17, 15) is 4.79 Å². The number of amides is 1. The van der Waals surface area contributed by atoms with E-state index in [4.69, 9.17) is 4.74 Å². The largest absolute Gasteiger partial charge is 0.378 e. The average Bonchev–Trinajstić information content (AvgIpc) is 2.90. The highest BCUT2D eigenvalue weighted by atomic mass is 16.5. The summed E-state index contributed by atoms with van der Waals surface area (Å²) in [7, 11) is 0. The Kier molecular flexibility index (Phi) is 5.64. The van der Waals surface area contributed by atoms with Crippen LogP contribution in [0.5, 0.6) is 0 Å². The lowest BCUT2D eigenvalue weighted by Crippen LogP contribution is -2.43. The zero-order chi connectivity index (χ0) is 13.6. The fourth-order valence-corrected chi connectivity index (χ4v) is 3.31. The lowest BCUT2D eigenvalue weighted by atomic mass is 9.81. The number of ether oxygens (including phenoxy) is 1. The van der Waals surface area contributed by atoms with Crippen LogP contribution in [0.15, 0.2) is 0 Å². The molecule has 110 valence electrons. The van der Waals surface area contributed by atoms with Crippen LogP contribution < -0.4 is 10.6 Å². The van der Waals surface area contributed by atoms with E-state index < -0.39 is 0 Å². The molecule has 1 amide bonds. The Morgan fingerprint density at radius 3 is 3.00 bits per heavy atom. The van der Waals surface area contributed by atoms with Gasteiger partial charge in [0.25, 0.3) is 0 Å². The third-order valence-corrected chi connectivity index (χ3v) is 4.48. The maximum Gasteiger partial charge on any atom is 0.227 e. The van der Waals surface area contributed by atoms with E-state index in [1.165, 1.54) is 12.8 Å². The van der Waals surface area contributed by atoms with Crippen LogP contribution in [0, 0.1) is 5.41 Å². The Bertz CT molecular complexity index is 282. The molecule has 0 aliphatic carbocycles. The van der Waals surface area contributed by atoms with Crippen LogP contribution in [0.25, 0.3) is 0 Å². The molecule has 2 unspecified atom stereocenters. The molecular formula is C15H28N2O2. The molecule has 2 N–H and O–H groups in total. The molecule has 19 heavy (non-hydrogen) atoms. The van der Waals surface area contributed by atoms with Crippen molar-refractivity contribution in [2.45, 2.75) is 58.0 Å². The molecule has 2 aliphatic heterocycles. The third-order valence-electron chi connectivity index (χ3n) is 4.48. The molecule has 2 fully saturated rings. The van der Waals surface area contributed by atoms with Gasteiger partial charge in [-0.05, 0) is 45.1 Å². The molecule has 0 spiro atoms. The van der Waals surface area contributed by atoms with Gasteiger partial charge in [0.15, 0.2) is 0 Å². The second kappa shape index (κ2) is 7.25. The molecule has 2 saturated heterocycles. The van der Waals surface area contributed by atoms with Crippen LogP contribution in [0.4, 0.5) is 0 Å². The quantitative estimate of drug-likeness (QED) is 0.773. The Morgan fingerprint density at radius 1 is 1.47 bits per heavy atom. The molecule has 2 rings (SSSR count). The first-order valence-corrected chi connectivity index (χ1v) is 7.87. The van der Waals surface area contributed by atoms with E-state index >= 15 is 0 Å². The molecule has 2 heterocycles. The van der Waals surface area contributed by atoms with Crippen LogP contribution in [0.1, 0.15) is 51.9 Å². The van der Waals surface area contributed by atoms with E-state index in [0.717, 1.165) is 58.3 Å². The lowest BCUT2D eigenvalue weighted by molar-refractivity contribution is -0.130. The SMILES string of the molecule is CCCC1(C(=O)NCCC2CCCCO2)CCNC1. The van der Waals surface area contributed by atoms with Crippen molar-refractivity contribution in [3.63, 3.8) is 0 Å². The van der Waals surface area contributed by atoms with Gasteiger partial charge in [-0.1, -0.05) is 13.3 Å². The average molecular weight is 268 g/mol. The summed E-state index contributed by atoms with van der Waals surface area (Å²) in [5.41, 5.74) is -0.151. The Hall–Kier alpha value is -0.610. The van der Waals surface area contributed by atoms with E-state index in [2.05, 4.69) is 17.6 Å². The second-order valence-corrected chi connectivity index (χ2v) is 5.99. The molecule has 2 aliphatic rings. The van der Waals surface area contributed by atoms with E-state index in [0.29, 0.717) is 6.10 Å². The van der Waals surface area contributed by atoms with Crippen LogP contribution in [0.2, 0.25) is 0 Å². The molecule has 0 aromatic heterocycles. The van der Waals surface area contributed by atoms with Crippen molar-refractivity contribution in [1.29, 1.82) is 0 Å². The van der Waals surface area contributed by atoms with Gasteiger partial charge >= 0.3 is 0 Å². The fraction of sp³-hybridized carbons (Fsp3) is 0.933. The molecular weight excluding hydrogens is 240 g/mol. The summed E-state index contributed by atoms with van der Waals surface area (Å²) in [6.07, 6.45) is 7.96. The third kappa shape index (κ3) is 3.93. The maximum absolute atomic E-state index is 12.4. The molecule has 0 bridgehead atoms.